The van der Waals surface area contributed by atoms with Gasteiger partial charge in [-0.2, -0.15) is 0 Å². The lowest BCUT2D eigenvalue weighted by Crippen LogP contribution is -2.59. The molecule has 488 valence electrons. The molecule has 1 aliphatic carbocycles. The van der Waals surface area contributed by atoms with Gasteiger partial charge in [0.1, 0.15) is 31.7 Å². The Morgan fingerprint density at radius 3 is 1.48 bits per heavy atom. The number of benzene rings is 2. The maximum Gasteiger partial charge on any atom is 0.513 e. The number of nitrogens with one attached hydrogen (secondary N) is 3. The normalized spacial score (nSPS) is 14.3. The SMILES string of the molecule is CC(=O)CCOCOCOCOCOCOCOCOCOCCOCCNC(=O)c1ccc(OC(=O)OCCOCCNC(=S)Nc2ccc(C[C@@H](CN(CC(=O)O)[C@@H]3CCCC[C@H]3N(CC(=O)O)CC(=O)O)N(CC(=O)O)CC(=O)O)cc2)cc1. The second-order valence-corrected chi connectivity index (χ2v) is 19.3. The number of amides is 1. The number of aliphatic carboxylic acids is 5. The zero-order valence-corrected chi connectivity index (χ0v) is 49.2. The predicted molar refractivity (Wildman–Crippen MR) is 303 cm³/mol. The number of carbonyl (C=O) groups excluding carboxylic acids is 3. The van der Waals surface area contributed by atoms with Crippen LogP contribution in [0.2, 0.25) is 0 Å². The third kappa shape index (κ3) is 36.3. The molecular weight excluding hydrogens is 1180 g/mol. The van der Waals surface area contributed by atoms with Crippen LogP contribution in [0.15, 0.2) is 48.5 Å². The van der Waals surface area contributed by atoms with Crippen LogP contribution in [0, 0.1) is 0 Å². The van der Waals surface area contributed by atoms with Crippen LogP contribution in [0.5, 0.6) is 5.75 Å². The molecule has 0 heterocycles. The molecule has 0 unspecified atom stereocenters. The van der Waals surface area contributed by atoms with Gasteiger partial charge in [0.2, 0.25) is 0 Å². The maximum atomic E-state index is 12.5. The Hall–Kier alpha value is -6.67. The molecule has 1 saturated carbocycles. The second kappa shape index (κ2) is 45.6. The van der Waals surface area contributed by atoms with E-state index >= 15 is 0 Å². The lowest BCUT2D eigenvalue weighted by molar-refractivity contribution is -0.226. The van der Waals surface area contributed by atoms with E-state index in [4.69, 9.17) is 73.8 Å². The Balaban J connectivity index is 1.26. The molecule has 1 aliphatic rings. The van der Waals surface area contributed by atoms with Gasteiger partial charge in [-0.25, -0.2) is 4.79 Å². The van der Waals surface area contributed by atoms with Crippen LogP contribution in [0.25, 0.3) is 0 Å². The van der Waals surface area contributed by atoms with Crippen molar-refractivity contribution in [3.05, 3.63) is 59.7 Å². The van der Waals surface area contributed by atoms with E-state index in [1.54, 1.807) is 29.2 Å². The zero-order valence-electron chi connectivity index (χ0n) is 48.4. The smallest absolute Gasteiger partial charge is 0.480 e. The standard InChI is InChI=1S/C54H80N6O26S/c1-39(61)14-17-76-31-78-33-80-35-82-37-84-38-83-36-81-34-79-32-77-21-20-74-18-15-55-52(72)41-8-12-44(13-9-41)86-54(73)85-23-22-75-19-16-56-53(87)57-42-10-6-40(7-11-42)24-43(58(26-47(62)63)27-48(64)65)25-59(28-49(66)67)45-4-2-3-5-46(45)60(29-50(68)69)30-51(70)71/h6-13,43,45-46H,2-5,14-38H2,1H3,(H,55,72)(H,62,63)(H,64,65)(H,66,67)(H,68,69)(H,70,71)(H2,56,57,87)/t43-,45+,46+/m0/s1. The highest BCUT2D eigenvalue weighted by Crippen LogP contribution is 2.29. The van der Waals surface area contributed by atoms with Crippen molar-refractivity contribution < 1.29 is 125 Å². The summed E-state index contributed by atoms with van der Waals surface area (Å²) in [6.45, 7) is -0.751. The summed E-state index contributed by atoms with van der Waals surface area (Å²) >= 11 is 5.41. The molecule has 0 saturated heterocycles. The van der Waals surface area contributed by atoms with E-state index in [2.05, 4.69) is 16.0 Å². The molecule has 0 spiro atoms. The number of hydrogen-bond acceptors (Lipinski definition) is 25. The molecule has 8 N–H and O–H groups in total. The van der Waals surface area contributed by atoms with E-state index in [-0.39, 0.29) is 149 Å². The number of ether oxygens (including phenoxy) is 13. The number of hydrogen-bond donors (Lipinski definition) is 8. The fourth-order valence-corrected chi connectivity index (χ4v) is 8.63. The first-order valence-electron chi connectivity index (χ1n) is 27.4. The van der Waals surface area contributed by atoms with Crippen molar-refractivity contribution in [3.8, 4) is 5.75 Å². The van der Waals surface area contributed by atoms with Crippen molar-refractivity contribution in [3.63, 3.8) is 0 Å². The molecule has 2 aromatic rings. The van der Waals surface area contributed by atoms with Crippen molar-refractivity contribution >= 4 is 70.7 Å². The minimum Gasteiger partial charge on any atom is -0.480 e. The highest BCUT2D eigenvalue weighted by Gasteiger charge is 2.38. The molecule has 0 aromatic heterocycles. The average molecular weight is 1260 g/mol. The molecule has 32 nitrogen and oxygen atoms in total. The number of ketones is 1. The largest absolute Gasteiger partial charge is 0.513 e. The lowest BCUT2D eigenvalue weighted by atomic mass is 9.87. The number of anilines is 1. The van der Waals surface area contributed by atoms with Crippen molar-refractivity contribution in [1.82, 2.24) is 25.3 Å². The van der Waals surface area contributed by atoms with E-state index in [9.17, 15) is 63.9 Å². The van der Waals surface area contributed by atoms with Gasteiger partial charge in [0.25, 0.3) is 5.91 Å². The van der Waals surface area contributed by atoms with Gasteiger partial charge in [0.05, 0.1) is 72.4 Å². The average Bonchev–Trinajstić information content (AvgIpc) is 2.28. The molecule has 3 atom stereocenters. The van der Waals surface area contributed by atoms with Crippen LogP contribution in [-0.2, 0) is 92.0 Å². The number of carbonyl (C=O) groups is 8. The van der Waals surface area contributed by atoms with Crippen LogP contribution in [-0.4, -0.2) is 264 Å². The molecule has 0 aliphatic heterocycles. The first-order chi connectivity index (χ1) is 41.9. The Morgan fingerprint density at radius 1 is 0.529 bits per heavy atom. The van der Waals surface area contributed by atoms with Gasteiger partial charge in [0, 0.05) is 55.4 Å². The highest BCUT2D eigenvalue weighted by atomic mass is 32.1. The Bertz CT molecular complexity index is 2330. The lowest BCUT2D eigenvalue weighted by Gasteiger charge is -2.45. The predicted octanol–water partition coefficient (Wildman–Crippen LogP) is 1.29. The molecular formula is C54H80N6O26S. The van der Waals surface area contributed by atoms with E-state index in [1.807, 2.05) is 0 Å². The van der Waals surface area contributed by atoms with Crippen molar-refractivity contribution in [2.75, 3.05) is 158 Å². The number of thiocarbonyl (C=S) groups is 1. The van der Waals surface area contributed by atoms with Gasteiger partial charge in [-0.05, 0) is 80.4 Å². The molecule has 1 fully saturated rings. The summed E-state index contributed by atoms with van der Waals surface area (Å²) in [4.78, 5) is 99.5. The molecule has 0 bridgehead atoms. The molecule has 2 aromatic carbocycles. The number of Topliss-reactive ketones (excluding diaryl/α,β-unsaturated/α-hetero) is 1. The highest BCUT2D eigenvalue weighted by molar-refractivity contribution is 7.80. The Labute approximate surface area is 507 Å². The van der Waals surface area contributed by atoms with Gasteiger partial charge in [-0.15, -0.1) is 0 Å². The van der Waals surface area contributed by atoms with Crippen LogP contribution in [0.4, 0.5) is 10.5 Å². The van der Waals surface area contributed by atoms with E-state index in [0.717, 1.165) is 0 Å². The summed E-state index contributed by atoms with van der Waals surface area (Å²) in [5, 5.41) is 57.7. The van der Waals surface area contributed by atoms with Crippen LogP contribution in [0.3, 0.4) is 0 Å². The molecule has 33 heteroatoms. The summed E-state index contributed by atoms with van der Waals surface area (Å²) in [6, 6.07) is 10.4. The first kappa shape index (κ1) is 74.6. The van der Waals surface area contributed by atoms with Crippen molar-refractivity contribution in [1.29, 1.82) is 0 Å². The number of nitrogens with zero attached hydrogens (tertiary/aromatic N) is 3. The molecule has 0 radical (unpaired) electrons. The van der Waals surface area contributed by atoms with Crippen molar-refractivity contribution in [2.45, 2.75) is 63.6 Å². The zero-order chi connectivity index (χ0) is 63.4. The van der Waals surface area contributed by atoms with Crippen LogP contribution < -0.4 is 20.7 Å². The Kier molecular flexibility index (Phi) is 39.1. The molecule has 87 heavy (non-hydrogen) atoms. The van der Waals surface area contributed by atoms with E-state index in [0.29, 0.717) is 48.9 Å². The fraction of sp³-hybridized carbons (Fsp3) is 0.611. The molecule has 3 rings (SSSR count). The summed E-state index contributed by atoms with van der Waals surface area (Å²) < 4.78 is 67.2. The molecule has 1 amide bonds. The second-order valence-electron chi connectivity index (χ2n) is 18.9. The summed E-state index contributed by atoms with van der Waals surface area (Å²) in [5.74, 6) is -6.59. The van der Waals surface area contributed by atoms with Crippen LogP contribution >= 0.6 is 12.2 Å². The summed E-state index contributed by atoms with van der Waals surface area (Å²) in [7, 11) is 0. The monoisotopic (exact) mass is 1260 g/mol. The number of carboxylic acid groups (broad SMARTS) is 5. The minimum atomic E-state index is -1.31. The quantitative estimate of drug-likeness (QED) is 0.0152. The van der Waals surface area contributed by atoms with Gasteiger partial charge in [-0.1, -0.05) is 25.0 Å². The third-order valence-electron chi connectivity index (χ3n) is 12.1. The van der Waals surface area contributed by atoms with E-state index in [1.165, 1.54) is 41.0 Å². The number of rotatable bonds is 51. The third-order valence-corrected chi connectivity index (χ3v) is 12.3. The number of carboxylic acids is 5. The van der Waals surface area contributed by atoms with Crippen LogP contribution in [0.1, 0.15) is 54.9 Å². The van der Waals surface area contributed by atoms with Gasteiger partial charge in [-0.3, -0.25) is 48.3 Å². The van der Waals surface area contributed by atoms with Crippen molar-refractivity contribution in [2.24, 2.45) is 0 Å². The Morgan fingerprint density at radius 2 is 0.977 bits per heavy atom. The van der Waals surface area contributed by atoms with Gasteiger partial charge >= 0.3 is 36.0 Å². The first-order valence-corrected chi connectivity index (χ1v) is 27.8. The maximum absolute atomic E-state index is 12.5. The van der Waals surface area contributed by atoms with Gasteiger partial charge in [0.15, 0.2) is 45.9 Å². The summed E-state index contributed by atoms with van der Waals surface area (Å²) in [5.41, 5.74) is 1.51. The van der Waals surface area contributed by atoms with Gasteiger partial charge < -0.3 is 103 Å². The summed E-state index contributed by atoms with van der Waals surface area (Å²) in [6.07, 6.45) is 1.45. The topological polar surface area (TPSA) is 404 Å². The van der Waals surface area contributed by atoms with E-state index < -0.39 is 86.9 Å². The minimum absolute atomic E-state index is 0.00341. The fourth-order valence-electron chi connectivity index (χ4n) is 8.41.